The summed E-state index contributed by atoms with van der Waals surface area (Å²) >= 11 is 0. The minimum atomic E-state index is 0.467. The van der Waals surface area contributed by atoms with Crippen molar-refractivity contribution in [2.75, 3.05) is 20.7 Å². The Kier molecular flexibility index (Phi) is 4.51. The molecule has 0 amide bonds. The fourth-order valence-corrected chi connectivity index (χ4v) is 3.39. The maximum atomic E-state index is 5.26. The molecule has 2 unspecified atom stereocenters. The Labute approximate surface area is 117 Å². The second-order valence-corrected chi connectivity index (χ2v) is 6.60. The number of hydrogen-bond acceptors (Lipinski definition) is 2. The number of rotatable bonds is 4. The lowest BCUT2D eigenvalue weighted by molar-refractivity contribution is 0.161. The lowest BCUT2D eigenvalue weighted by atomic mass is 9.65. The maximum absolute atomic E-state index is 5.26. The quantitative estimate of drug-likeness (QED) is 0.889. The molecule has 0 radical (unpaired) electrons. The molecule has 1 aromatic carbocycles. The van der Waals surface area contributed by atoms with Crippen molar-refractivity contribution >= 4 is 0 Å². The van der Waals surface area contributed by atoms with E-state index in [9.17, 15) is 0 Å². The second-order valence-electron chi connectivity index (χ2n) is 6.60. The molecule has 0 heterocycles. The second kappa shape index (κ2) is 5.96. The number of methoxy groups -OCH3 is 1. The minimum Gasteiger partial charge on any atom is -0.497 e. The predicted octanol–water partition coefficient (Wildman–Crippen LogP) is 3.82. The van der Waals surface area contributed by atoms with Crippen LogP contribution in [0.1, 0.15) is 44.6 Å². The first-order chi connectivity index (χ1) is 9.05. The molecular weight excluding hydrogens is 234 g/mol. The first kappa shape index (κ1) is 14.4. The number of nitrogens with one attached hydrogen (secondary N) is 1. The molecule has 2 heteroatoms. The molecule has 1 aliphatic rings. The fraction of sp³-hybridized carbons (Fsp3) is 0.647. The Morgan fingerprint density at radius 1 is 1.26 bits per heavy atom. The van der Waals surface area contributed by atoms with Crippen LogP contribution in [0.4, 0.5) is 0 Å². The van der Waals surface area contributed by atoms with Crippen molar-refractivity contribution in [3.63, 3.8) is 0 Å². The third kappa shape index (κ3) is 3.50. The minimum absolute atomic E-state index is 0.467. The molecule has 1 saturated carbocycles. The summed E-state index contributed by atoms with van der Waals surface area (Å²) in [7, 11) is 3.79. The molecule has 0 aromatic heterocycles. The molecule has 1 aliphatic carbocycles. The summed E-state index contributed by atoms with van der Waals surface area (Å²) in [6.45, 7) is 5.92. The van der Waals surface area contributed by atoms with Crippen LogP contribution in [0.3, 0.4) is 0 Å². The van der Waals surface area contributed by atoms with Gasteiger partial charge in [-0.3, -0.25) is 0 Å². The van der Waals surface area contributed by atoms with E-state index in [1.807, 2.05) is 0 Å². The molecule has 2 rings (SSSR count). The van der Waals surface area contributed by atoms with Crippen molar-refractivity contribution < 1.29 is 4.74 Å². The van der Waals surface area contributed by atoms with Gasteiger partial charge in [0.05, 0.1) is 7.11 Å². The van der Waals surface area contributed by atoms with Gasteiger partial charge < -0.3 is 10.1 Å². The zero-order valence-electron chi connectivity index (χ0n) is 12.7. The third-order valence-corrected chi connectivity index (χ3v) is 4.54. The normalized spacial score (nSPS) is 26.1. The molecule has 1 fully saturated rings. The highest BCUT2D eigenvalue weighted by Crippen LogP contribution is 2.46. The van der Waals surface area contributed by atoms with E-state index in [4.69, 9.17) is 4.74 Å². The van der Waals surface area contributed by atoms with Crippen LogP contribution in [-0.2, 0) is 0 Å². The molecule has 0 bridgehead atoms. The largest absolute Gasteiger partial charge is 0.497 e. The molecule has 0 spiro atoms. The topological polar surface area (TPSA) is 21.3 Å². The lowest BCUT2D eigenvalue weighted by Gasteiger charge is -2.41. The molecule has 0 aliphatic heterocycles. The van der Waals surface area contributed by atoms with Crippen molar-refractivity contribution in [3.8, 4) is 5.75 Å². The summed E-state index contributed by atoms with van der Waals surface area (Å²) in [6.07, 6.45) is 3.95. The molecule has 106 valence electrons. The van der Waals surface area contributed by atoms with E-state index in [1.165, 1.54) is 24.8 Å². The van der Waals surface area contributed by atoms with Crippen LogP contribution < -0.4 is 10.1 Å². The highest BCUT2D eigenvalue weighted by Gasteiger charge is 2.35. The van der Waals surface area contributed by atoms with E-state index in [0.29, 0.717) is 11.3 Å². The predicted molar refractivity (Wildman–Crippen MR) is 80.8 cm³/mol. The Hall–Kier alpha value is -1.02. The van der Waals surface area contributed by atoms with Gasteiger partial charge in [-0.2, -0.15) is 0 Å². The Bertz CT molecular complexity index is 396. The standard InChI is InChI=1S/C17H27NO/c1-17(2)10-9-14(12-18-3)16(11-17)13-5-7-15(19-4)8-6-13/h5-8,14,16,18H,9-12H2,1-4H3. The highest BCUT2D eigenvalue weighted by atomic mass is 16.5. The summed E-state index contributed by atoms with van der Waals surface area (Å²) in [6, 6.07) is 8.67. The van der Waals surface area contributed by atoms with E-state index in [1.54, 1.807) is 7.11 Å². The molecule has 1 aromatic rings. The van der Waals surface area contributed by atoms with E-state index in [-0.39, 0.29) is 0 Å². The lowest BCUT2D eigenvalue weighted by Crippen LogP contribution is -2.33. The first-order valence-electron chi connectivity index (χ1n) is 7.34. The van der Waals surface area contributed by atoms with Gasteiger partial charge in [0.2, 0.25) is 0 Å². The van der Waals surface area contributed by atoms with Gasteiger partial charge in [0.1, 0.15) is 5.75 Å². The van der Waals surface area contributed by atoms with Crippen molar-refractivity contribution in [3.05, 3.63) is 29.8 Å². The highest BCUT2D eigenvalue weighted by molar-refractivity contribution is 5.30. The van der Waals surface area contributed by atoms with Crippen LogP contribution in [0, 0.1) is 11.3 Å². The summed E-state index contributed by atoms with van der Waals surface area (Å²) in [5, 5.41) is 3.36. The van der Waals surface area contributed by atoms with Crippen molar-refractivity contribution in [1.29, 1.82) is 0 Å². The monoisotopic (exact) mass is 261 g/mol. The van der Waals surface area contributed by atoms with E-state index >= 15 is 0 Å². The van der Waals surface area contributed by atoms with Crippen LogP contribution in [0.25, 0.3) is 0 Å². The van der Waals surface area contributed by atoms with Gasteiger partial charge in [-0.25, -0.2) is 0 Å². The Morgan fingerprint density at radius 3 is 2.53 bits per heavy atom. The van der Waals surface area contributed by atoms with Crippen LogP contribution in [0.2, 0.25) is 0 Å². The molecule has 0 saturated heterocycles. The number of hydrogen-bond donors (Lipinski definition) is 1. The SMILES string of the molecule is CNCC1CCC(C)(C)CC1c1ccc(OC)cc1. The molecule has 19 heavy (non-hydrogen) atoms. The van der Waals surface area contributed by atoms with E-state index in [0.717, 1.165) is 18.2 Å². The van der Waals surface area contributed by atoms with Gasteiger partial charge in [-0.1, -0.05) is 26.0 Å². The summed E-state index contributed by atoms with van der Waals surface area (Å²) < 4.78 is 5.26. The van der Waals surface area contributed by atoms with Gasteiger partial charge in [0, 0.05) is 0 Å². The molecule has 2 atom stereocenters. The smallest absolute Gasteiger partial charge is 0.118 e. The Balaban J connectivity index is 2.20. The van der Waals surface area contributed by atoms with Crippen LogP contribution in [0.15, 0.2) is 24.3 Å². The Morgan fingerprint density at radius 2 is 1.95 bits per heavy atom. The van der Waals surface area contributed by atoms with Crippen LogP contribution in [0.5, 0.6) is 5.75 Å². The van der Waals surface area contributed by atoms with Gasteiger partial charge in [0.25, 0.3) is 0 Å². The zero-order chi connectivity index (χ0) is 13.9. The van der Waals surface area contributed by atoms with Gasteiger partial charge in [0.15, 0.2) is 0 Å². The summed E-state index contributed by atoms with van der Waals surface area (Å²) in [5.74, 6) is 2.37. The fourth-order valence-electron chi connectivity index (χ4n) is 3.39. The number of ether oxygens (including phenoxy) is 1. The van der Waals surface area contributed by atoms with Crippen molar-refractivity contribution in [2.24, 2.45) is 11.3 Å². The average Bonchev–Trinajstić information content (AvgIpc) is 2.41. The zero-order valence-corrected chi connectivity index (χ0v) is 12.7. The van der Waals surface area contributed by atoms with Crippen LogP contribution in [-0.4, -0.2) is 20.7 Å². The van der Waals surface area contributed by atoms with Crippen molar-refractivity contribution in [2.45, 2.75) is 39.0 Å². The van der Waals surface area contributed by atoms with Gasteiger partial charge >= 0.3 is 0 Å². The third-order valence-electron chi connectivity index (χ3n) is 4.54. The first-order valence-corrected chi connectivity index (χ1v) is 7.34. The number of benzene rings is 1. The maximum Gasteiger partial charge on any atom is 0.118 e. The van der Waals surface area contributed by atoms with Gasteiger partial charge in [-0.15, -0.1) is 0 Å². The molecular formula is C17H27NO. The van der Waals surface area contributed by atoms with E-state index < -0.39 is 0 Å². The van der Waals surface area contributed by atoms with E-state index in [2.05, 4.69) is 50.5 Å². The summed E-state index contributed by atoms with van der Waals surface area (Å²) in [5.41, 5.74) is 1.93. The van der Waals surface area contributed by atoms with Crippen LogP contribution >= 0.6 is 0 Å². The van der Waals surface area contributed by atoms with Crippen molar-refractivity contribution in [1.82, 2.24) is 5.32 Å². The molecule has 2 nitrogen and oxygen atoms in total. The average molecular weight is 261 g/mol. The summed E-state index contributed by atoms with van der Waals surface area (Å²) in [4.78, 5) is 0. The molecule has 1 N–H and O–H groups in total. The van der Waals surface area contributed by atoms with Gasteiger partial charge in [-0.05, 0) is 67.8 Å².